The number of carbonyl (C=O) groups excluding carboxylic acids is 1. The van der Waals surface area contributed by atoms with Gasteiger partial charge in [0.05, 0.1) is 17.5 Å². The molecule has 0 unspecified atom stereocenters. The molecule has 40 heavy (non-hydrogen) atoms. The second kappa shape index (κ2) is 12.0. The molecule has 1 amide bonds. The molecule has 0 fully saturated rings. The molecule has 0 bridgehead atoms. The Hall–Kier alpha value is -3.43. The number of alkyl carbamates (subject to hydrolysis) is 1. The summed E-state index contributed by atoms with van der Waals surface area (Å²) in [4.78, 5) is 18.9. The summed E-state index contributed by atoms with van der Waals surface area (Å²) in [5.74, 6) is 0.297. The molecule has 3 heterocycles. The van der Waals surface area contributed by atoms with Crippen LogP contribution in [-0.4, -0.2) is 54.9 Å². The molecule has 0 aliphatic carbocycles. The number of ether oxygens (including phenoxy) is 1. The lowest BCUT2D eigenvalue weighted by Gasteiger charge is -2.44. The number of allylic oxidation sites excluding steroid dienone is 2. The third kappa shape index (κ3) is 7.61. The molecule has 0 spiro atoms. The molecule has 2 aromatic heterocycles. The highest BCUT2D eigenvalue weighted by Gasteiger charge is 2.30. The Balaban J connectivity index is 1.54. The van der Waals surface area contributed by atoms with Gasteiger partial charge in [0.15, 0.2) is 0 Å². The van der Waals surface area contributed by atoms with Crippen molar-refractivity contribution in [2.45, 2.75) is 59.2 Å². The van der Waals surface area contributed by atoms with E-state index in [1.807, 2.05) is 80.5 Å². The van der Waals surface area contributed by atoms with Crippen LogP contribution in [-0.2, 0) is 31.5 Å². The lowest BCUT2D eigenvalue weighted by atomic mass is 10.1. The molecule has 0 saturated heterocycles. The normalized spacial score (nSPS) is 17.1. The molecule has 8 nitrogen and oxygen atoms in total. The summed E-state index contributed by atoms with van der Waals surface area (Å²) in [5.41, 5.74) is 3.57. The molecule has 0 radical (unpaired) electrons. The number of aromatic nitrogens is 2. The fourth-order valence-corrected chi connectivity index (χ4v) is 7.01. The highest BCUT2D eigenvalue weighted by molar-refractivity contribution is 8.14. The average molecular weight is 567 g/mol. The van der Waals surface area contributed by atoms with Gasteiger partial charge in [-0.25, -0.2) is 8.77 Å². The van der Waals surface area contributed by atoms with Gasteiger partial charge in [0.1, 0.15) is 11.9 Å². The summed E-state index contributed by atoms with van der Waals surface area (Å²) < 4.78 is 27.6. The first-order chi connectivity index (χ1) is 18.9. The molecule has 0 saturated carbocycles. The first kappa shape index (κ1) is 29.6. The minimum Gasteiger partial charge on any atom is -0.444 e. The maximum Gasteiger partial charge on any atom is 0.407 e. The molecule has 1 aliphatic rings. The van der Waals surface area contributed by atoms with E-state index in [1.165, 1.54) is 6.26 Å². The monoisotopic (exact) mass is 566 g/mol. The molecule has 216 valence electrons. The van der Waals surface area contributed by atoms with Crippen molar-refractivity contribution in [3.05, 3.63) is 90.1 Å². The first-order valence-corrected chi connectivity index (χ1v) is 16.2. The Morgan fingerprint density at radius 3 is 2.70 bits per heavy atom. The van der Waals surface area contributed by atoms with Crippen LogP contribution in [0.1, 0.15) is 50.4 Å². The number of hydrogen-bond acceptors (Lipinski definition) is 6. The van der Waals surface area contributed by atoms with Crippen LogP contribution in [0.5, 0.6) is 0 Å². The summed E-state index contributed by atoms with van der Waals surface area (Å²) in [6.07, 6.45) is 14.0. The maximum absolute atomic E-state index is 14.4. The molecule has 0 atom stereocenters. The Morgan fingerprint density at radius 1 is 1.15 bits per heavy atom. The van der Waals surface area contributed by atoms with Crippen molar-refractivity contribution in [2.75, 3.05) is 25.1 Å². The van der Waals surface area contributed by atoms with Crippen LogP contribution in [0.25, 0.3) is 10.9 Å². The van der Waals surface area contributed by atoms with Crippen molar-refractivity contribution in [2.24, 2.45) is 0 Å². The summed E-state index contributed by atoms with van der Waals surface area (Å²) in [6, 6.07) is 12.2. The minimum absolute atomic E-state index is 0.297. The number of unbranched alkanes of at least 4 members (excludes halogenated alkanes) is 1. The number of rotatable bonds is 10. The molecular weight excluding hydrogens is 524 g/mol. The van der Waals surface area contributed by atoms with Gasteiger partial charge in [0.25, 0.3) is 0 Å². The van der Waals surface area contributed by atoms with Crippen LogP contribution in [0.15, 0.2) is 73.3 Å². The first-order valence-electron chi connectivity index (χ1n) is 13.8. The maximum atomic E-state index is 14.4. The highest BCUT2D eigenvalue weighted by Crippen LogP contribution is 2.35. The van der Waals surface area contributed by atoms with Crippen molar-refractivity contribution in [1.29, 1.82) is 0 Å². The summed E-state index contributed by atoms with van der Waals surface area (Å²) >= 11 is 0. The number of fused-ring (bicyclic) bond motifs is 1. The topological polar surface area (TPSA) is 85.7 Å². The largest absolute Gasteiger partial charge is 0.444 e. The Labute approximate surface area is 237 Å². The number of carbonyl (C=O) groups is 1. The van der Waals surface area contributed by atoms with E-state index in [2.05, 4.69) is 27.3 Å². The predicted octanol–water partition coefficient (Wildman–Crippen LogP) is 5.88. The van der Waals surface area contributed by atoms with Gasteiger partial charge in [0.2, 0.25) is 0 Å². The number of hydrogen-bond donors (Lipinski definition) is 1. The van der Waals surface area contributed by atoms with Crippen molar-refractivity contribution < 1.29 is 17.9 Å². The number of aryl methyl sites for hydroxylation is 1. The van der Waals surface area contributed by atoms with Crippen molar-refractivity contribution >= 4 is 26.5 Å². The summed E-state index contributed by atoms with van der Waals surface area (Å²) in [5, 5.41) is 3.90. The number of nitrogens with one attached hydrogen (secondary N) is 1. The van der Waals surface area contributed by atoms with Crippen LogP contribution in [0.4, 0.5) is 4.79 Å². The second-order valence-corrected chi connectivity index (χ2v) is 15.2. The summed E-state index contributed by atoms with van der Waals surface area (Å²) in [7, 11) is -3.68. The van der Waals surface area contributed by atoms with Gasteiger partial charge >= 0.3 is 6.09 Å². The highest BCUT2D eigenvalue weighted by atomic mass is 32.3. The fourth-order valence-electron chi connectivity index (χ4n) is 4.73. The van der Waals surface area contributed by atoms with Gasteiger partial charge in [-0.2, -0.15) is 4.21 Å². The van der Waals surface area contributed by atoms with Crippen LogP contribution < -0.4 is 5.32 Å². The van der Waals surface area contributed by atoms with Crippen molar-refractivity contribution in [3.63, 3.8) is 0 Å². The number of nitrogens with zero attached hydrogens (tertiary/aromatic N) is 3. The lowest BCUT2D eigenvalue weighted by molar-refractivity contribution is 0.0526. The molecule has 9 heteroatoms. The van der Waals surface area contributed by atoms with E-state index in [0.717, 1.165) is 53.7 Å². The standard InChI is InChI=1S/C31H42N4O4S/c1-25-15-16-26(21-33-25)22-34(18-10-9-17-32-30(36)39-31(2,3)4)23-27-24-35(29-14-8-7-13-28(27)29)40(5,37)20-12-6-11-19-38-40/h6-8,11-16,19,21,24H,9-10,17-18,20,22-23H2,1-5H3,(H,32,36). The second-order valence-electron chi connectivity index (χ2n) is 11.6. The third-order valence-electron chi connectivity index (χ3n) is 6.70. The van der Waals surface area contributed by atoms with Crippen LogP contribution in [0, 0.1) is 6.92 Å². The average Bonchev–Trinajstić information content (AvgIpc) is 3.15. The Bertz CT molecular complexity index is 1430. The molecule has 1 N–H and O–H groups in total. The van der Waals surface area contributed by atoms with Gasteiger partial charge < -0.3 is 14.2 Å². The number of para-hydroxylation sites is 1. The minimum atomic E-state index is -3.68. The van der Waals surface area contributed by atoms with E-state index in [4.69, 9.17) is 8.92 Å². The zero-order valence-electron chi connectivity index (χ0n) is 24.3. The predicted molar refractivity (Wildman–Crippen MR) is 162 cm³/mol. The SMILES string of the molecule is Cc1ccc(CN(CCCCNC(=O)OC(C)(C)C)Cc2cn(S3(C)(=O)CC=CC=CO3)c3ccccc23)cn1. The summed E-state index contributed by atoms with van der Waals surface area (Å²) in [6.45, 7) is 10.3. The lowest BCUT2D eigenvalue weighted by Crippen LogP contribution is -2.42. The van der Waals surface area contributed by atoms with Gasteiger partial charge in [-0.1, -0.05) is 46.0 Å². The zero-order chi connectivity index (χ0) is 28.8. The van der Waals surface area contributed by atoms with Gasteiger partial charge in [-0.05, 0) is 76.4 Å². The molecule has 3 aromatic rings. The molecular formula is C31H42N4O4S. The van der Waals surface area contributed by atoms with Crippen LogP contribution >= 0.6 is 0 Å². The number of benzene rings is 1. The quantitative estimate of drug-likeness (QED) is 0.309. The Kier molecular flexibility index (Phi) is 8.85. The molecule has 4 rings (SSSR count). The van der Waals surface area contributed by atoms with E-state index in [0.29, 0.717) is 18.8 Å². The molecule has 1 aromatic carbocycles. The number of amides is 1. The van der Waals surface area contributed by atoms with Crippen molar-refractivity contribution in [1.82, 2.24) is 19.2 Å². The van der Waals surface area contributed by atoms with Crippen LogP contribution in [0.3, 0.4) is 0 Å². The number of pyridine rings is 1. The van der Waals surface area contributed by atoms with E-state index in [-0.39, 0.29) is 0 Å². The van der Waals surface area contributed by atoms with Gasteiger partial charge in [-0.15, -0.1) is 0 Å². The van der Waals surface area contributed by atoms with Crippen LogP contribution in [0.2, 0.25) is 0 Å². The van der Waals surface area contributed by atoms with E-state index >= 15 is 0 Å². The van der Waals surface area contributed by atoms with Gasteiger partial charge in [-0.3, -0.25) is 9.88 Å². The van der Waals surface area contributed by atoms with Gasteiger partial charge in [0, 0.05) is 43.1 Å². The zero-order valence-corrected chi connectivity index (χ0v) is 25.1. The Morgan fingerprint density at radius 2 is 1.95 bits per heavy atom. The fraction of sp³-hybridized carbons (Fsp3) is 0.419. The smallest absolute Gasteiger partial charge is 0.407 e. The van der Waals surface area contributed by atoms with E-state index in [1.54, 1.807) is 12.3 Å². The van der Waals surface area contributed by atoms with E-state index in [9.17, 15) is 9.00 Å². The van der Waals surface area contributed by atoms with E-state index < -0.39 is 21.2 Å². The third-order valence-corrected chi connectivity index (χ3v) is 9.55. The molecule has 1 aliphatic heterocycles. The van der Waals surface area contributed by atoms with Crippen molar-refractivity contribution in [3.8, 4) is 0 Å².